The first-order valence-corrected chi connectivity index (χ1v) is 5.55. The average Bonchev–Trinajstić information content (AvgIpc) is 2.21. The Morgan fingerprint density at radius 1 is 1.62 bits per heavy atom. The summed E-state index contributed by atoms with van der Waals surface area (Å²) in [6.07, 6.45) is 1.60. The van der Waals surface area contributed by atoms with E-state index in [1.165, 1.54) is 4.68 Å². The standard InChI is InChI=1S/C10H17ClN4O/c1-7(2)15-10(16)9(11)8(6-13-15)14(3)5-4-12/h6-7H,4-5,12H2,1-3H3. The number of rotatable bonds is 4. The molecule has 0 aliphatic carbocycles. The molecule has 16 heavy (non-hydrogen) atoms. The van der Waals surface area contributed by atoms with Crippen molar-refractivity contribution in [1.29, 1.82) is 0 Å². The van der Waals surface area contributed by atoms with Gasteiger partial charge in [0.05, 0.1) is 17.9 Å². The molecule has 1 aromatic heterocycles. The fraction of sp³-hybridized carbons (Fsp3) is 0.600. The van der Waals surface area contributed by atoms with Crippen LogP contribution in [0, 0.1) is 0 Å². The largest absolute Gasteiger partial charge is 0.371 e. The van der Waals surface area contributed by atoms with Gasteiger partial charge in [-0.2, -0.15) is 5.10 Å². The van der Waals surface area contributed by atoms with Gasteiger partial charge < -0.3 is 10.6 Å². The predicted molar refractivity (Wildman–Crippen MR) is 66.2 cm³/mol. The highest BCUT2D eigenvalue weighted by atomic mass is 35.5. The summed E-state index contributed by atoms with van der Waals surface area (Å²) in [6.45, 7) is 4.90. The quantitative estimate of drug-likeness (QED) is 0.854. The van der Waals surface area contributed by atoms with Crippen molar-refractivity contribution in [2.75, 3.05) is 25.0 Å². The molecule has 5 nitrogen and oxygen atoms in total. The van der Waals surface area contributed by atoms with Crippen LogP contribution in [0.2, 0.25) is 5.02 Å². The Bertz CT molecular complexity index is 416. The first-order valence-electron chi connectivity index (χ1n) is 5.17. The molecule has 90 valence electrons. The Hall–Kier alpha value is -1.07. The van der Waals surface area contributed by atoms with Crippen LogP contribution in [0.5, 0.6) is 0 Å². The molecule has 0 saturated heterocycles. The van der Waals surface area contributed by atoms with Crippen molar-refractivity contribution < 1.29 is 0 Å². The maximum absolute atomic E-state index is 11.9. The Balaban J connectivity index is 3.17. The third-order valence-electron chi connectivity index (χ3n) is 2.29. The first-order chi connectivity index (χ1) is 7.49. The molecule has 0 spiro atoms. The van der Waals surface area contributed by atoms with Crippen molar-refractivity contribution in [1.82, 2.24) is 9.78 Å². The molecule has 0 aliphatic heterocycles. The van der Waals surface area contributed by atoms with E-state index >= 15 is 0 Å². The number of halogens is 1. The van der Waals surface area contributed by atoms with Crippen LogP contribution in [-0.2, 0) is 0 Å². The third-order valence-corrected chi connectivity index (χ3v) is 2.65. The fourth-order valence-electron chi connectivity index (χ4n) is 1.38. The van der Waals surface area contributed by atoms with Crippen LogP contribution in [0.25, 0.3) is 0 Å². The van der Waals surface area contributed by atoms with Crippen LogP contribution in [0.1, 0.15) is 19.9 Å². The predicted octanol–water partition coefficient (Wildman–Crippen LogP) is 0.872. The lowest BCUT2D eigenvalue weighted by Crippen LogP contribution is -2.30. The molecule has 1 aromatic rings. The van der Waals surface area contributed by atoms with Crippen molar-refractivity contribution in [2.24, 2.45) is 5.73 Å². The number of nitrogens with two attached hydrogens (primary N) is 1. The SMILES string of the molecule is CC(C)n1ncc(N(C)CCN)c(Cl)c1=O. The number of likely N-dealkylation sites (N-methyl/N-ethyl adjacent to an activating group) is 1. The molecule has 0 fully saturated rings. The van der Waals surface area contributed by atoms with Crippen molar-refractivity contribution in [3.05, 3.63) is 21.6 Å². The summed E-state index contributed by atoms with van der Waals surface area (Å²) in [4.78, 5) is 13.7. The second-order valence-corrected chi connectivity index (χ2v) is 4.28. The highest BCUT2D eigenvalue weighted by Crippen LogP contribution is 2.19. The minimum Gasteiger partial charge on any atom is -0.371 e. The van der Waals surface area contributed by atoms with E-state index in [4.69, 9.17) is 17.3 Å². The summed E-state index contributed by atoms with van der Waals surface area (Å²) in [5.41, 5.74) is 5.80. The van der Waals surface area contributed by atoms with Crippen LogP contribution < -0.4 is 16.2 Å². The van der Waals surface area contributed by atoms with Gasteiger partial charge >= 0.3 is 0 Å². The molecule has 0 atom stereocenters. The van der Waals surface area contributed by atoms with Crippen molar-refractivity contribution in [2.45, 2.75) is 19.9 Å². The lowest BCUT2D eigenvalue weighted by Gasteiger charge is -2.20. The molecular formula is C10H17ClN4O. The molecule has 2 N–H and O–H groups in total. The topological polar surface area (TPSA) is 64.2 Å². The zero-order valence-corrected chi connectivity index (χ0v) is 10.5. The van der Waals surface area contributed by atoms with Gasteiger partial charge in [-0.15, -0.1) is 0 Å². The van der Waals surface area contributed by atoms with E-state index < -0.39 is 0 Å². The molecule has 0 aromatic carbocycles. The van der Waals surface area contributed by atoms with E-state index in [0.29, 0.717) is 18.8 Å². The highest BCUT2D eigenvalue weighted by molar-refractivity contribution is 6.33. The Kier molecular flexibility index (Phi) is 4.32. The van der Waals surface area contributed by atoms with Gasteiger partial charge in [-0.25, -0.2) is 4.68 Å². The van der Waals surface area contributed by atoms with Crippen LogP contribution >= 0.6 is 11.6 Å². The van der Waals surface area contributed by atoms with Crippen molar-refractivity contribution >= 4 is 17.3 Å². The zero-order chi connectivity index (χ0) is 12.3. The number of nitrogens with zero attached hydrogens (tertiary/aromatic N) is 3. The summed E-state index contributed by atoms with van der Waals surface area (Å²) in [7, 11) is 1.83. The zero-order valence-electron chi connectivity index (χ0n) is 9.77. The van der Waals surface area contributed by atoms with Gasteiger partial charge in [0.1, 0.15) is 5.02 Å². The van der Waals surface area contributed by atoms with Gasteiger partial charge in [0.15, 0.2) is 0 Å². The Morgan fingerprint density at radius 3 is 2.75 bits per heavy atom. The van der Waals surface area contributed by atoms with Crippen molar-refractivity contribution in [3.63, 3.8) is 0 Å². The number of aromatic nitrogens is 2. The van der Waals surface area contributed by atoms with E-state index in [1.54, 1.807) is 6.20 Å². The minimum absolute atomic E-state index is 0.00105. The summed E-state index contributed by atoms with van der Waals surface area (Å²) in [6, 6.07) is -0.00105. The van der Waals surface area contributed by atoms with Crippen molar-refractivity contribution in [3.8, 4) is 0 Å². The summed E-state index contributed by atoms with van der Waals surface area (Å²) in [5.74, 6) is 0. The van der Waals surface area contributed by atoms with E-state index in [-0.39, 0.29) is 16.6 Å². The molecular weight excluding hydrogens is 228 g/mol. The highest BCUT2D eigenvalue weighted by Gasteiger charge is 2.13. The lowest BCUT2D eigenvalue weighted by molar-refractivity contribution is 0.502. The van der Waals surface area contributed by atoms with Gasteiger partial charge in [-0.1, -0.05) is 11.6 Å². The van der Waals surface area contributed by atoms with E-state index in [9.17, 15) is 4.79 Å². The molecule has 1 rings (SSSR count). The van der Waals surface area contributed by atoms with Crippen LogP contribution in [0.15, 0.2) is 11.0 Å². The van der Waals surface area contributed by atoms with E-state index in [0.717, 1.165) is 0 Å². The van der Waals surface area contributed by atoms with Gasteiger partial charge in [-0.05, 0) is 13.8 Å². The number of hydrogen-bond donors (Lipinski definition) is 1. The van der Waals surface area contributed by atoms with Gasteiger partial charge in [-0.3, -0.25) is 4.79 Å². The lowest BCUT2D eigenvalue weighted by atomic mass is 10.3. The number of hydrogen-bond acceptors (Lipinski definition) is 4. The first kappa shape index (κ1) is 13.0. The molecule has 0 aliphatic rings. The second kappa shape index (κ2) is 5.32. The summed E-state index contributed by atoms with van der Waals surface area (Å²) in [5, 5.41) is 4.27. The Labute approximate surface area is 99.8 Å². The second-order valence-electron chi connectivity index (χ2n) is 3.90. The monoisotopic (exact) mass is 244 g/mol. The smallest absolute Gasteiger partial charge is 0.287 e. The van der Waals surface area contributed by atoms with Crippen LogP contribution in [0.3, 0.4) is 0 Å². The summed E-state index contributed by atoms with van der Waals surface area (Å²) >= 11 is 6.02. The molecule has 1 heterocycles. The molecule has 0 unspecified atom stereocenters. The molecule has 0 radical (unpaired) electrons. The van der Waals surface area contributed by atoms with Crippen LogP contribution in [0.4, 0.5) is 5.69 Å². The maximum Gasteiger partial charge on any atom is 0.287 e. The minimum atomic E-state index is -0.266. The van der Waals surface area contributed by atoms with Gasteiger partial charge in [0.2, 0.25) is 0 Å². The van der Waals surface area contributed by atoms with Gasteiger partial charge in [0.25, 0.3) is 5.56 Å². The third kappa shape index (κ3) is 2.54. The molecule has 0 bridgehead atoms. The van der Waals surface area contributed by atoms with Gasteiger partial charge in [0, 0.05) is 20.1 Å². The van der Waals surface area contributed by atoms with Crippen LogP contribution in [-0.4, -0.2) is 29.9 Å². The average molecular weight is 245 g/mol. The Morgan fingerprint density at radius 2 is 2.25 bits per heavy atom. The number of anilines is 1. The maximum atomic E-state index is 11.9. The fourth-order valence-corrected chi connectivity index (χ4v) is 1.66. The molecule has 6 heteroatoms. The molecule has 0 saturated carbocycles. The normalized spacial score (nSPS) is 10.9. The van der Waals surface area contributed by atoms with E-state index in [1.807, 2.05) is 25.8 Å². The molecule has 0 amide bonds. The van der Waals surface area contributed by atoms with E-state index in [2.05, 4.69) is 5.10 Å². The summed E-state index contributed by atoms with van der Waals surface area (Å²) < 4.78 is 1.36.